The van der Waals surface area contributed by atoms with Crippen molar-refractivity contribution in [3.63, 3.8) is 0 Å². The van der Waals surface area contributed by atoms with E-state index in [-0.39, 0.29) is 11.4 Å². The van der Waals surface area contributed by atoms with Gasteiger partial charge in [0.1, 0.15) is 11.6 Å². The minimum Gasteiger partial charge on any atom is -0.360 e. The second-order valence-electron chi connectivity index (χ2n) is 5.05. The number of Topliss-reactive ketones (excluding diaryl/α,β-unsaturated/α-hetero) is 1. The Morgan fingerprint density at radius 3 is 2.38 bits per heavy atom. The highest BCUT2D eigenvalue weighted by atomic mass is 16.1. The lowest BCUT2D eigenvalue weighted by atomic mass is 10.1. The highest BCUT2D eigenvalue weighted by Crippen LogP contribution is 2.10. The predicted molar refractivity (Wildman–Crippen MR) is 81.6 cm³/mol. The molecule has 0 aliphatic rings. The van der Waals surface area contributed by atoms with Gasteiger partial charge in [-0.25, -0.2) is 0 Å². The van der Waals surface area contributed by atoms with Gasteiger partial charge in [0.2, 0.25) is 0 Å². The number of rotatable bonds is 6. The third kappa shape index (κ3) is 5.49. The lowest BCUT2D eigenvalue weighted by molar-refractivity contribution is -0.117. The van der Waals surface area contributed by atoms with Crippen LogP contribution in [0.15, 0.2) is 36.0 Å². The van der Waals surface area contributed by atoms with Crippen LogP contribution in [-0.2, 0) is 4.79 Å². The summed E-state index contributed by atoms with van der Waals surface area (Å²) >= 11 is 0. The van der Waals surface area contributed by atoms with E-state index in [4.69, 9.17) is 5.26 Å². The number of ketones is 1. The number of nitrogens with zero attached hydrogens (tertiary/aromatic N) is 1. The summed E-state index contributed by atoms with van der Waals surface area (Å²) in [5, 5.41) is 14.5. The fourth-order valence-electron chi connectivity index (χ4n) is 1.50. The lowest BCUT2D eigenvalue weighted by Crippen LogP contribution is -2.28. The molecular formula is C16H19N3O2. The topological polar surface area (TPSA) is 82.0 Å². The monoisotopic (exact) mass is 285 g/mol. The third-order valence-electron chi connectivity index (χ3n) is 2.71. The maximum atomic E-state index is 11.8. The molecule has 0 bridgehead atoms. The molecular weight excluding hydrogens is 266 g/mol. The number of hydrogen-bond donors (Lipinski definition) is 2. The van der Waals surface area contributed by atoms with Crippen molar-refractivity contribution >= 4 is 17.4 Å². The second-order valence-corrected chi connectivity index (χ2v) is 5.05. The average Bonchev–Trinajstić information content (AvgIpc) is 2.46. The fraction of sp³-hybridized carbons (Fsp3) is 0.312. The summed E-state index contributed by atoms with van der Waals surface area (Å²) < 4.78 is 0. The maximum Gasteiger partial charge on any atom is 0.263 e. The number of anilines is 1. The van der Waals surface area contributed by atoms with E-state index in [1.807, 2.05) is 19.9 Å². The minimum absolute atomic E-state index is 0.00583. The maximum absolute atomic E-state index is 11.8. The largest absolute Gasteiger partial charge is 0.360 e. The zero-order chi connectivity index (χ0) is 15.8. The molecule has 0 radical (unpaired) electrons. The Hall–Kier alpha value is -2.61. The van der Waals surface area contributed by atoms with Gasteiger partial charge in [-0.05, 0) is 37.1 Å². The average molecular weight is 285 g/mol. The van der Waals surface area contributed by atoms with Gasteiger partial charge in [0, 0.05) is 24.0 Å². The fourth-order valence-corrected chi connectivity index (χ4v) is 1.50. The van der Waals surface area contributed by atoms with Crippen LogP contribution in [0.4, 0.5) is 5.69 Å². The predicted octanol–water partition coefficient (Wildman–Crippen LogP) is 2.48. The lowest BCUT2D eigenvalue weighted by Gasteiger charge is -2.07. The van der Waals surface area contributed by atoms with Gasteiger partial charge in [-0.2, -0.15) is 5.26 Å². The molecule has 5 heteroatoms. The van der Waals surface area contributed by atoms with Crippen LogP contribution < -0.4 is 10.6 Å². The van der Waals surface area contributed by atoms with Crippen molar-refractivity contribution in [2.24, 2.45) is 5.92 Å². The number of hydrogen-bond acceptors (Lipinski definition) is 4. The molecule has 0 aromatic heterocycles. The Kier molecular flexibility index (Phi) is 6.15. The van der Waals surface area contributed by atoms with Crippen LogP contribution in [0.2, 0.25) is 0 Å². The van der Waals surface area contributed by atoms with Crippen molar-refractivity contribution in [2.75, 3.05) is 11.9 Å². The van der Waals surface area contributed by atoms with E-state index < -0.39 is 5.91 Å². The molecule has 5 nitrogen and oxygen atoms in total. The second kappa shape index (κ2) is 7.85. The summed E-state index contributed by atoms with van der Waals surface area (Å²) in [6.07, 6.45) is 1.36. The Morgan fingerprint density at radius 2 is 1.90 bits per heavy atom. The molecule has 0 aliphatic carbocycles. The first-order valence-corrected chi connectivity index (χ1v) is 6.70. The molecule has 2 N–H and O–H groups in total. The molecule has 0 unspecified atom stereocenters. The van der Waals surface area contributed by atoms with Crippen molar-refractivity contribution in [3.8, 4) is 6.07 Å². The summed E-state index contributed by atoms with van der Waals surface area (Å²) in [5.74, 6) is -0.0945. The van der Waals surface area contributed by atoms with Crippen LogP contribution in [0.3, 0.4) is 0 Å². The molecule has 1 amide bonds. The molecule has 0 spiro atoms. The molecule has 0 aliphatic heterocycles. The number of nitriles is 1. The van der Waals surface area contributed by atoms with Crippen LogP contribution in [0.1, 0.15) is 31.1 Å². The Balaban J connectivity index is 2.70. The first-order valence-electron chi connectivity index (χ1n) is 6.70. The van der Waals surface area contributed by atoms with Gasteiger partial charge in [0.05, 0.1) is 0 Å². The summed E-state index contributed by atoms with van der Waals surface area (Å²) in [6.45, 7) is 5.97. The van der Waals surface area contributed by atoms with Crippen LogP contribution in [0.5, 0.6) is 0 Å². The van der Waals surface area contributed by atoms with Crippen LogP contribution in [0, 0.1) is 17.2 Å². The van der Waals surface area contributed by atoms with E-state index in [1.54, 1.807) is 24.3 Å². The molecule has 0 atom stereocenters. The van der Waals surface area contributed by atoms with Crippen molar-refractivity contribution in [1.82, 2.24) is 5.32 Å². The van der Waals surface area contributed by atoms with Crippen LogP contribution in [-0.4, -0.2) is 18.2 Å². The van der Waals surface area contributed by atoms with Crippen molar-refractivity contribution in [2.45, 2.75) is 20.8 Å². The van der Waals surface area contributed by atoms with Gasteiger partial charge in [-0.15, -0.1) is 0 Å². The summed E-state index contributed by atoms with van der Waals surface area (Å²) in [7, 11) is 0. The summed E-state index contributed by atoms with van der Waals surface area (Å²) in [4.78, 5) is 22.9. The van der Waals surface area contributed by atoms with Crippen molar-refractivity contribution in [3.05, 3.63) is 41.6 Å². The Morgan fingerprint density at radius 1 is 1.29 bits per heavy atom. The zero-order valence-corrected chi connectivity index (χ0v) is 12.4. The zero-order valence-electron chi connectivity index (χ0n) is 12.4. The SMILES string of the molecule is CC(=O)c1ccc(N/C=C(/C#N)C(=O)NCC(C)C)cc1. The van der Waals surface area contributed by atoms with Crippen LogP contribution in [0.25, 0.3) is 0 Å². The van der Waals surface area contributed by atoms with E-state index in [0.717, 1.165) is 0 Å². The van der Waals surface area contributed by atoms with Gasteiger partial charge in [0.15, 0.2) is 5.78 Å². The Bertz CT molecular complexity index is 581. The van der Waals surface area contributed by atoms with Gasteiger partial charge in [0.25, 0.3) is 5.91 Å². The Labute approximate surface area is 124 Å². The molecule has 0 heterocycles. The smallest absolute Gasteiger partial charge is 0.263 e. The first kappa shape index (κ1) is 16.4. The van der Waals surface area contributed by atoms with E-state index in [2.05, 4.69) is 10.6 Å². The van der Waals surface area contributed by atoms with E-state index >= 15 is 0 Å². The number of nitrogens with one attached hydrogen (secondary N) is 2. The molecule has 110 valence electrons. The molecule has 0 saturated carbocycles. The van der Waals surface area contributed by atoms with Crippen LogP contribution >= 0.6 is 0 Å². The highest BCUT2D eigenvalue weighted by molar-refractivity contribution is 5.97. The third-order valence-corrected chi connectivity index (χ3v) is 2.71. The summed E-state index contributed by atoms with van der Waals surface area (Å²) in [6, 6.07) is 8.66. The normalized spacial score (nSPS) is 10.9. The standard InChI is InChI=1S/C16H19N3O2/c1-11(2)9-19-16(21)14(8-17)10-18-15-6-4-13(5-7-15)12(3)20/h4-7,10-11,18H,9H2,1-3H3,(H,19,21)/b14-10-. The van der Waals surface area contributed by atoms with E-state index in [9.17, 15) is 9.59 Å². The minimum atomic E-state index is -0.404. The van der Waals surface area contributed by atoms with E-state index in [0.29, 0.717) is 23.7 Å². The summed E-state index contributed by atoms with van der Waals surface area (Å²) in [5.41, 5.74) is 1.32. The van der Waals surface area contributed by atoms with Gasteiger partial charge < -0.3 is 10.6 Å². The quantitative estimate of drug-likeness (QED) is 0.478. The number of carbonyl (C=O) groups excluding carboxylic acids is 2. The molecule has 0 fully saturated rings. The van der Waals surface area contributed by atoms with Gasteiger partial charge in [-0.3, -0.25) is 9.59 Å². The molecule has 21 heavy (non-hydrogen) atoms. The van der Waals surface area contributed by atoms with Gasteiger partial charge in [-0.1, -0.05) is 13.8 Å². The van der Waals surface area contributed by atoms with Gasteiger partial charge >= 0.3 is 0 Å². The van der Waals surface area contributed by atoms with Crippen molar-refractivity contribution < 1.29 is 9.59 Å². The number of carbonyl (C=O) groups is 2. The number of amides is 1. The van der Waals surface area contributed by atoms with E-state index in [1.165, 1.54) is 13.1 Å². The first-order chi connectivity index (χ1) is 9.93. The highest BCUT2D eigenvalue weighted by Gasteiger charge is 2.08. The van der Waals surface area contributed by atoms with Crippen molar-refractivity contribution in [1.29, 1.82) is 5.26 Å². The number of benzene rings is 1. The molecule has 1 aromatic rings. The molecule has 1 aromatic carbocycles. The molecule has 0 saturated heterocycles. The molecule has 1 rings (SSSR count).